The molecule has 1 rings (SSSR count). The van der Waals surface area contributed by atoms with Crippen LogP contribution in [0.4, 0.5) is 0 Å². The SMILES string of the molecule is N#CC(C=O)C1CCNC1. The summed E-state index contributed by atoms with van der Waals surface area (Å²) in [6.45, 7) is 1.76. The highest BCUT2D eigenvalue weighted by atomic mass is 16.1. The standard InChI is InChI=1S/C7H10N2O/c8-3-7(5-10)6-1-2-9-4-6/h5-7,9H,1-2,4H2. The topological polar surface area (TPSA) is 52.9 Å². The third-order valence-corrected chi connectivity index (χ3v) is 1.90. The van der Waals surface area contributed by atoms with E-state index in [0.717, 1.165) is 25.8 Å². The van der Waals surface area contributed by atoms with E-state index in [9.17, 15) is 4.79 Å². The summed E-state index contributed by atoms with van der Waals surface area (Å²) in [5.74, 6) is -0.141. The summed E-state index contributed by atoms with van der Waals surface area (Å²) in [5, 5.41) is 11.6. The summed E-state index contributed by atoms with van der Waals surface area (Å²) >= 11 is 0. The number of nitrogens with zero attached hydrogens (tertiary/aromatic N) is 1. The van der Waals surface area contributed by atoms with E-state index in [1.807, 2.05) is 6.07 Å². The third-order valence-electron chi connectivity index (χ3n) is 1.90. The molecule has 0 radical (unpaired) electrons. The minimum Gasteiger partial charge on any atom is -0.316 e. The van der Waals surface area contributed by atoms with Crippen LogP contribution >= 0.6 is 0 Å². The maximum Gasteiger partial charge on any atom is 0.137 e. The lowest BCUT2D eigenvalue weighted by molar-refractivity contribution is -0.110. The van der Waals surface area contributed by atoms with E-state index in [0.29, 0.717) is 0 Å². The molecule has 0 aromatic carbocycles. The van der Waals surface area contributed by atoms with E-state index in [-0.39, 0.29) is 5.92 Å². The minimum absolute atomic E-state index is 0.252. The van der Waals surface area contributed by atoms with Gasteiger partial charge in [-0.3, -0.25) is 0 Å². The first kappa shape index (κ1) is 7.23. The molecule has 1 fully saturated rings. The van der Waals surface area contributed by atoms with Crippen LogP contribution in [-0.4, -0.2) is 19.4 Å². The van der Waals surface area contributed by atoms with Crippen molar-refractivity contribution in [1.82, 2.24) is 5.32 Å². The first-order chi connectivity index (χ1) is 4.88. The van der Waals surface area contributed by atoms with Crippen molar-refractivity contribution in [3.63, 3.8) is 0 Å². The van der Waals surface area contributed by atoms with Crippen molar-refractivity contribution in [2.45, 2.75) is 6.42 Å². The number of hydrogen-bond donors (Lipinski definition) is 1. The van der Waals surface area contributed by atoms with E-state index in [4.69, 9.17) is 5.26 Å². The largest absolute Gasteiger partial charge is 0.316 e. The van der Waals surface area contributed by atoms with Crippen molar-refractivity contribution >= 4 is 6.29 Å². The normalized spacial score (nSPS) is 27.3. The molecule has 0 aromatic rings. The van der Waals surface area contributed by atoms with Crippen molar-refractivity contribution in [1.29, 1.82) is 5.26 Å². The van der Waals surface area contributed by atoms with Crippen molar-refractivity contribution in [2.24, 2.45) is 11.8 Å². The Morgan fingerprint density at radius 1 is 1.80 bits per heavy atom. The Hall–Kier alpha value is -0.880. The molecule has 0 saturated carbocycles. The Bertz CT molecular complexity index is 155. The summed E-state index contributed by atoms with van der Waals surface area (Å²) in [4.78, 5) is 10.3. The van der Waals surface area contributed by atoms with Gasteiger partial charge in [0.05, 0.1) is 6.07 Å². The maximum atomic E-state index is 10.3. The van der Waals surface area contributed by atoms with Gasteiger partial charge in [0.15, 0.2) is 0 Å². The maximum absolute atomic E-state index is 10.3. The fraction of sp³-hybridized carbons (Fsp3) is 0.714. The highest BCUT2D eigenvalue weighted by Gasteiger charge is 2.23. The summed E-state index contributed by atoms with van der Waals surface area (Å²) in [6.07, 6.45) is 1.70. The number of rotatable bonds is 2. The molecular formula is C7H10N2O. The van der Waals surface area contributed by atoms with Gasteiger partial charge in [0.2, 0.25) is 0 Å². The number of hydrogen-bond acceptors (Lipinski definition) is 3. The molecule has 3 nitrogen and oxygen atoms in total. The second kappa shape index (κ2) is 3.33. The molecule has 1 aliphatic heterocycles. The molecular weight excluding hydrogens is 128 g/mol. The molecule has 0 aliphatic carbocycles. The van der Waals surface area contributed by atoms with Crippen LogP contribution in [0.5, 0.6) is 0 Å². The van der Waals surface area contributed by atoms with Gasteiger partial charge in [-0.15, -0.1) is 0 Å². The number of nitriles is 1. The Kier molecular flexibility index (Phi) is 2.41. The summed E-state index contributed by atoms with van der Waals surface area (Å²) < 4.78 is 0. The number of nitrogens with one attached hydrogen (secondary N) is 1. The Morgan fingerprint density at radius 2 is 2.60 bits per heavy atom. The van der Waals surface area contributed by atoms with Crippen LogP contribution in [-0.2, 0) is 4.79 Å². The fourth-order valence-electron chi connectivity index (χ4n) is 1.23. The Balaban J connectivity index is 2.46. The van der Waals surface area contributed by atoms with Gasteiger partial charge in [-0.1, -0.05) is 0 Å². The van der Waals surface area contributed by atoms with E-state index < -0.39 is 5.92 Å². The van der Waals surface area contributed by atoms with Crippen LogP contribution in [0.15, 0.2) is 0 Å². The Labute approximate surface area is 60.0 Å². The van der Waals surface area contributed by atoms with Gasteiger partial charge in [-0.05, 0) is 25.4 Å². The predicted octanol–water partition coefficient (Wildman–Crippen LogP) is -0.0654. The minimum atomic E-state index is -0.394. The molecule has 0 bridgehead atoms. The van der Waals surface area contributed by atoms with Crippen LogP contribution in [0, 0.1) is 23.2 Å². The van der Waals surface area contributed by atoms with Gasteiger partial charge >= 0.3 is 0 Å². The van der Waals surface area contributed by atoms with Gasteiger partial charge in [-0.25, -0.2) is 0 Å². The zero-order chi connectivity index (χ0) is 7.40. The number of aldehydes is 1. The lowest BCUT2D eigenvalue weighted by atomic mass is 9.94. The summed E-state index contributed by atoms with van der Waals surface area (Å²) in [5.41, 5.74) is 0. The molecule has 0 spiro atoms. The average Bonchev–Trinajstić information content (AvgIpc) is 2.43. The average molecular weight is 138 g/mol. The summed E-state index contributed by atoms with van der Waals surface area (Å²) in [6, 6.07) is 1.99. The lowest BCUT2D eigenvalue weighted by Gasteiger charge is -2.06. The van der Waals surface area contributed by atoms with Gasteiger partial charge in [0, 0.05) is 0 Å². The lowest BCUT2D eigenvalue weighted by Crippen LogP contribution is -2.17. The summed E-state index contributed by atoms with van der Waals surface area (Å²) in [7, 11) is 0. The van der Waals surface area contributed by atoms with Gasteiger partial charge < -0.3 is 10.1 Å². The van der Waals surface area contributed by atoms with Crippen molar-refractivity contribution in [2.75, 3.05) is 13.1 Å². The quantitative estimate of drug-likeness (QED) is 0.543. The van der Waals surface area contributed by atoms with Gasteiger partial charge in [0.25, 0.3) is 0 Å². The molecule has 1 aliphatic rings. The van der Waals surface area contributed by atoms with E-state index in [1.54, 1.807) is 0 Å². The highest BCUT2D eigenvalue weighted by Crippen LogP contribution is 2.15. The highest BCUT2D eigenvalue weighted by molar-refractivity contribution is 5.58. The van der Waals surface area contributed by atoms with Crippen LogP contribution in [0.25, 0.3) is 0 Å². The third kappa shape index (κ3) is 1.34. The van der Waals surface area contributed by atoms with Crippen LogP contribution < -0.4 is 5.32 Å². The first-order valence-corrected chi connectivity index (χ1v) is 3.44. The molecule has 1 saturated heterocycles. The van der Waals surface area contributed by atoms with Crippen molar-refractivity contribution < 1.29 is 4.79 Å². The molecule has 0 aromatic heterocycles. The smallest absolute Gasteiger partial charge is 0.137 e. The zero-order valence-electron chi connectivity index (χ0n) is 5.71. The van der Waals surface area contributed by atoms with Gasteiger partial charge in [-0.2, -0.15) is 5.26 Å². The van der Waals surface area contributed by atoms with E-state index in [1.165, 1.54) is 0 Å². The van der Waals surface area contributed by atoms with Crippen LogP contribution in [0.1, 0.15) is 6.42 Å². The van der Waals surface area contributed by atoms with Crippen molar-refractivity contribution in [3.05, 3.63) is 0 Å². The number of carbonyl (C=O) groups excluding carboxylic acids is 1. The van der Waals surface area contributed by atoms with Crippen LogP contribution in [0.3, 0.4) is 0 Å². The fourth-order valence-corrected chi connectivity index (χ4v) is 1.23. The molecule has 1 N–H and O–H groups in total. The van der Waals surface area contributed by atoms with E-state index >= 15 is 0 Å². The van der Waals surface area contributed by atoms with Gasteiger partial charge in [0.1, 0.15) is 12.2 Å². The second-order valence-electron chi connectivity index (χ2n) is 2.54. The first-order valence-electron chi connectivity index (χ1n) is 3.44. The molecule has 1 heterocycles. The zero-order valence-corrected chi connectivity index (χ0v) is 5.71. The molecule has 0 amide bonds. The van der Waals surface area contributed by atoms with Crippen LogP contribution in [0.2, 0.25) is 0 Å². The molecule has 3 heteroatoms. The monoisotopic (exact) mass is 138 g/mol. The Morgan fingerprint density at radius 3 is 3.00 bits per heavy atom. The molecule has 2 atom stereocenters. The molecule has 54 valence electrons. The molecule has 10 heavy (non-hydrogen) atoms. The molecule has 2 unspecified atom stereocenters. The second-order valence-corrected chi connectivity index (χ2v) is 2.54. The van der Waals surface area contributed by atoms with Crippen molar-refractivity contribution in [3.8, 4) is 6.07 Å². The number of carbonyl (C=O) groups is 1. The predicted molar refractivity (Wildman–Crippen MR) is 36.1 cm³/mol. The van der Waals surface area contributed by atoms with E-state index in [2.05, 4.69) is 5.32 Å².